The molecular weight excluding hydrogens is 418 g/mol. The van der Waals surface area contributed by atoms with Crippen LogP contribution in [0, 0.1) is 5.92 Å². The molecule has 0 saturated heterocycles. The van der Waals surface area contributed by atoms with Crippen LogP contribution in [0.25, 0.3) is 0 Å². The lowest BCUT2D eigenvalue weighted by molar-refractivity contribution is 0.395. The molecule has 1 aromatic carbocycles. The molecule has 0 amide bonds. The molecule has 3 unspecified atom stereocenters. The van der Waals surface area contributed by atoms with E-state index in [9.17, 15) is 8.42 Å². The molecule has 0 spiro atoms. The zero-order valence-electron chi connectivity index (χ0n) is 19.8. The minimum Gasteiger partial charge on any atom is -0.366 e. The van der Waals surface area contributed by atoms with Crippen LogP contribution in [0.15, 0.2) is 41.4 Å². The zero-order valence-corrected chi connectivity index (χ0v) is 20.7. The molecule has 2 aromatic rings. The van der Waals surface area contributed by atoms with Crippen LogP contribution in [0.3, 0.4) is 0 Å². The highest BCUT2D eigenvalue weighted by molar-refractivity contribution is 7.90. The van der Waals surface area contributed by atoms with Crippen molar-refractivity contribution in [3.63, 3.8) is 0 Å². The van der Waals surface area contributed by atoms with Crippen molar-refractivity contribution in [1.82, 2.24) is 9.88 Å². The van der Waals surface area contributed by atoms with Gasteiger partial charge in [-0.25, -0.2) is 13.4 Å². The Bertz CT molecular complexity index is 1030. The van der Waals surface area contributed by atoms with Gasteiger partial charge in [0.15, 0.2) is 9.84 Å². The second kappa shape index (κ2) is 9.52. The quantitative estimate of drug-likeness (QED) is 0.616. The number of rotatable bonds is 8. The Morgan fingerprint density at radius 1 is 1.16 bits per heavy atom. The lowest BCUT2D eigenvalue weighted by atomic mass is 9.78. The number of aromatic nitrogens is 1. The molecule has 174 valence electrons. The van der Waals surface area contributed by atoms with Gasteiger partial charge in [0.25, 0.3) is 0 Å². The fraction of sp³-hybridized carbons (Fsp3) is 0.577. The van der Waals surface area contributed by atoms with Gasteiger partial charge in [0.2, 0.25) is 0 Å². The summed E-state index contributed by atoms with van der Waals surface area (Å²) in [5.74, 6) is 2.45. The molecule has 2 heterocycles. The smallest absolute Gasteiger partial charge is 0.175 e. The topological polar surface area (TPSA) is 62.3 Å². The van der Waals surface area contributed by atoms with E-state index < -0.39 is 9.84 Å². The van der Waals surface area contributed by atoms with Crippen LogP contribution in [0.4, 0.5) is 5.82 Å². The molecule has 1 aliphatic heterocycles. The summed E-state index contributed by atoms with van der Waals surface area (Å²) >= 11 is 0. The van der Waals surface area contributed by atoms with E-state index in [0.717, 1.165) is 31.1 Å². The zero-order chi connectivity index (χ0) is 22.9. The monoisotopic (exact) mass is 455 g/mol. The fourth-order valence-corrected chi connectivity index (χ4v) is 6.10. The summed E-state index contributed by atoms with van der Waals surface area (Å²) < 4.78 is 23.9. The summed E-state index contributed by atoms with van der Waals surface area (Å²) in [6.45, 7) is 3.33. The Labute approximate surface area is 193 Å². The Balaban J connectivity index is 1.60. The highest BCUT2D eigenvalue weighted by atomic mass is 32.2. The average Bonchev–Trinajstić information content (AvgIpc) is 3.38. The number of fused-ring (bicyclic) bond motifs is 1. The van der Waals surface area contributed by atoms with Crippen molar-refractivity contribution in [3.05, 3.63) is 53.2 Å². The van der Waals surface area contributed by atoms with Gasteiger partial charge in [-0.3, -0.25) is 0 Å². The van der Waals surface area contributed by atoms with E-state index in [2.05, 4.69) is 37.3 Å². The SMILES string of the molecule is CC1c2cc(CCN(C)C)cnc2NC1C(CC1CCCC1)c1ccc(S(C)(=O)=O)cc1. The van der Waals surface area contributed by atoms with Crippen LogP contribution < -0.4 is 5.32 Å². The van der Waals surface area contributed by atoms with Crippen molar-refractivity contribution in [2.24, 2.45) is 5.92 Å². The standard InChI is InChI=1S/C26H37N3O2S/c1-18-23-16-20(13-14-29(2)3)17-27-26(23)28-25(18)24(15-19-7-5-6-8-19)21-9-11-22(12-10-21)32(4,30)31/h9-12,16-19,24-25H,5-8,13-15H2,1-4H3,(H,27,28). The third kappa shape index (κ3) is 5.18. The Morgan fingerprint density at radius 2 is 1.84 bits per heavy atom. The van der Waals surface area contributed by atoms with E-state index in [1.165, 1.54) is 48.6 Å². The maximum absolute atomic E-state index is 12.0. The van der Waals surface area contributed by atoms with Crippen molar-refractivity contribution in [2.45, 2.75) is 68.2 Å². The van der Waals surface area contributed by atoms with Crippen LogP contribution in [0.1, 0.15) is 67.6 Å². The van der Waals surface area contributed by atoms with Crippen LogP contribution >= 0.6 is 0 Å². The van der Waals surface area contributed by atoms with Crippen molar-refractivity contribution in [2.75, 3.05) is 32.2 Å². The molecule has 1 N–H and O–H groups in total. The van der Waals surface area contributed by atoms with E-state index in [0.29, 0.717) is 16.7 Å². The summed E-state index contributed by atoms with van der Waals surface area (Å²) in [4.78, 5) is 7.38. The van der Waals surface area contributed by atoms with Gasteiger partial charge in [-0.2, -0.15) is 0 Å². The van der Waals surface area contributed by atoms with E-state index >= 15 is 0 Å². The molecule has 32 heavy (non-hydrogen) atoms. The first-order valence-electron chi connectivity index (χ1n) is 11.9. The van der Waals surface area contributed by atoms with Gasteiger partial charge >= 0.3 is 0 Å². The van der Waals surface area contributed by atoms with Crippen molar-refractivity contribution < 1.29 is 8.42 Å². The van der Waals surface area contributed by atoms with Crippen LogP contribution in [-0.2, 0) is 16.3 Å². The molecular formula is C26H37N3O2S. The Kier molecular flexibility index (Phi) is 6.91. The van der Waals surface area contributed by atoms with E-state index in [1.807, 2.05) is 18.3 Å². The summed E-state index contributed by atoms with van der Waals surface area (Å²) in [7, 11) is 1.02. The molecule has 4 rings (SSSR count). The Morgan fingerprint density at radius 3 is 2.47 bits per heavy atom. The minimum atomic E-state index is -3.19. The number of nitrogens with one attached hydrogen (secondary N) is 1. The van der Waals surface area contributed by atoms with E-state index in [-0.39, 0.29) is 6.04 Å². The van der Waals surface area contributed by atoms with Gasteiger partial charge < -0.3 is 10.2 Å². The molecule has 5 nitrogen and oxygen atoms in total. The van der Waals surface area contributed by atoms with Crippen molar-refractivity contribution in [1.29, 1.82) is 0 Å². The number of benzene rings is 1. The Hall–Kier alpha value is -1.92. The molecule has 0 radical (unpaired) electrons. The lowest BCUT2D eigenvalue weighted by Crippen LogP contribution is -2.29. The summed E-state index contributed by atoms with van der Waals surface area (Å²) in [6.07, 6.45) is 10.7. The van der Waals surface area contributed by atoms with Crippen molar-refractivity contribution in [3.8, 4) is 0 Å². The van der Waals surface area contributed by atoms with E-state index in [4.69, 9.17) is 4.98 Å². The molecule has 1 fully saturated rings. The first-order chi connectivity index (χ1) is 15.2. The maximum Gasteiger partial charge on any atom is 0.175 e. The normalized spacial score (nSPS) is 22.2. The third-order valence-electron chi connectivity index (χ3n) is 7.39. The van der Waals surface area contributed by atoms with Crippen LogP contribution in [-0.4, -0.2) is 51.2 Å². The van der Waals surface area contributed by atoms with Gasteiger partial charge in [-0.05, 0) is 61.7 Å². The number of sulfone groups is 1. The van der Waals surface area contributed by atoms with Crippen LogP contribution in [0.5, 0.6) is 0 Å². The number of hydrogen-bond acceptors (Lipinski definition) is 5. The van der Waals surface area contributed by atoms with Crippen molar-refractivity contribution >= 4 is 15.7 Å². The molecule has 3 atom stereocenters. The molecule has 1 aromatic heterocycles. The van der Waals surface area contributed by atoms with Gasteiger partial charge in [-0.15, -0.1) is 0 Å². The summed E-state index contributed by atoms with van der Waals surface area (Å²) in [5.41, 5.74) is 3.83. The second-order valence-corrected chi connectivity index (χ2v) is 12.1. The minimum absolute atomic E-state index is 0.270. The van der Waals surface area contributed by atoms with Gasteiger partial charge in [0, 0.05) is 36.9 Å². The number of likely N-dealkylation sites (N-methyl/N-ethyl adjacent to an activating group) is 1. The predicted molar refractivity (Wildman–Crippen MR) is 131 cm³/mol. The number of anilines is 1. The number of nitrogens with zero attached hydrogens (tertiary/aromatic N) is 2. The molecule has 1 aliphatic carbocycles. The largest absolute Gasteiger partial charge is 0.366 e. The third-order valence-corrected chi connectivity index (χ3v) is 8.51. The maximum atomic E-state index is 12.0. The molecule has 0 bridgehead atoms. The predicted octanol–water partition coefficient (Wildman–Crippen LogP) is 4.85. The molecule has 1 saturated carbocycles. The highest BCUT2D eigenvalue weighted by Crippen LogP contribution is 2.45. The molecule has 2 aliphatic rings. The molecule has 6 heteroatoms. The first kappa shape index (κ1) is 23.2. The summed E-state index contributed by atoms with van der Waals surface area (Å²) in [6, 6.07) is 10.2. The lowest BCUT2D eigenvalue weighted by Gasteiger charge is -2.30. The summed E-state index contributed by atoms with van der Waals surface area (Å²) in [5, 5.41) is 3.75. The fourth-order valence-electron chi connectivity index (χ4n) is 5.47. The van der Waals surface area contributed by atoms with Gasteiger partial charge in [0.1, 0.15) is 5.82 Å². The first-order valence-corrected chi connectivity index (χ1v) is 13.8. The van der Waals surface area contributed by atoms with Gasteiger partial charge in [-0.1, -0.05) is 50.8 Å². The average molecular weight is 456 g/mol. The van der Waals surface area contributed by atoms with Crippen LogP contribution in [0.2, 0.25) is 0 Å². The second-order valence-electron chi connectivity index (χ2n) is 10.1. The highest BCUT2D eigenvalue weighted by Gasteiger charge is 2.37. The van der Waals surface area contributed by atoms with E-state index in [1.54, 1.807) is 12.1 Å². The number of hydrogen-bond donors (Lipinski definition) is 1. The van der Waals surface area contributed by atoms with Gasteiger partial charge in [0.05, 0.1) is 4.90 Å². The number of pyridine rings is 1.